The summed E-state index contributed by atoms with van der Waals surface area (Å²) in [6.45, 7) is 0. The van der Waals surface area contributed by atoms with E-state index in [0.29, 0.717) is 4.88 Å². The summed E-state index contributed by atoms with van der Waals surface area (Å²) < 4.78 is 4.05. The molecule has 2 rings (SSSR count). The summed E-state index contributed by atoms with van der Waals surface area (Å²) in [5.74, 6) is -0.0907. The molecule has 1 amide bonds. The van der Waals surface area contributed by atoms with Crippen molar-refractivity contribution in [2.45, 2.75) is 0 Å². The van der Waals surface area contributed by atoms with Gasteiger partial charge in [0, 0.05) is 27.5 Å². The summed E-state index contributed by atoms with van der Waals surface area (Å²) in [6, 6.07) is 9.43. The first-order valence-corrected chi connectivity index (χ1v) is 8.03. The zero-order chi connectivity index (χ0) is 13.0. The molecule has 0 saturated carbocycles. The molecular formula is C12H11BrN2OS2. The number of carbonyl (C=O) groups excluding carboxylic acids is 1. The van der Waals surface area contributed by atoms with Crippen molar-refractivity contribution in [3.05, 3.63) is 45.1 Å². The Kier molecular flexibility index (Phi) is 4.68. The fourth-order valence-corrected chi connectivity index (χ4v) is 3.09. The molecule has 0 aliphatic heterocycles. The maximum Gasteiger partial charge on any atom is 0.265 e. The highest BCUT2D eigenvalue weighted by molar-refractivity contribution is 9.10. The van der Waals surface area contributed by atoms with Gasteiger partial charge >= 0.3 is 0 Å². The van der Waals surface area contributed by atoms with Crippen LogP contribution in [0.5, 0.6) is 0 Å². The third kappa shape index (κ3) is 3.51. The standard InChI is InChI=1S/C12H11BrN2OS2/c1-17-15-10-4-2-3-9(6-10)14-12(16)11-5-8(13)7-18-11/h2-7,15H,1H3,(H,14,16). The molecule has 0 saturated heterocycles. The third-order valence-corrected chi connectivity index (χ3v) is 4.26. The summed E-state index contributed by atoms with van der Waals surface area (Å²) in [4.78, 5) is 12.6. The lowest BCUT2D eigenvalue weighted by atomic mass is 10.3. The fourth-order valence-electron chi connectivity index (χ4n) is 1.40. The van der Waals surface area contributed by atoms with Crippen LogP contribution < -0.4 is 10.0 Å². The van der Waals surface area contributed by atoms with Crippen LogP contribution in [0.25, 0.3) is 0 Å². The maximum absolute atomic E-state index is 11.9. The smallest absolute Gasteiger partial charge is 0.265 e. The quantitative estimate of drug-likeness (QED) is 0.806. The Hall–Kier alpha value is -0.980. The Morgan fingerprint density at radius 1 is 1.33 bits per heavy atom. The number of benzene rings is 1. The number of rotatable bonds is 4. The van der Waals surface area contributed by atoms with E-state index in [0.717, 1.165) is 15.8 Å². The summed E-state index contributed by atoms with van der Waals surface area (Å²) in [5.41, 5.74) is 1.75. The second kappa shape index (κ2) is 6.26. The molecule has 0 radical (unpaired) electrons. The molecule has 6 heteroatoms. The summed E-state index contributed by atoms with van der Waals surface area (Å²) in [6.07, 6.45) is 1.95. The van der Waals surface area contributed by atoms with Crippen LogP contribution in [0.4, 0.5) is 11.4 Å². The van der Waals surface area contributed by atoms with Crippen molar-refractivity contribution in [2.75, 3.05) is 16.3 Å². The van der Waals surface area contributed by atoms with E-state index in [2.05, 4.69) is 26.0 Å². The van der Waals surface area contributed by atoms with E-state index < -0.39 is 0 Å². The number of hydrogen-bond acceptors (Lipinski definition) is 4. The van der Waals surface area contributed by atoms with E-state index in [-0.39, 0.29) is 5.91 Å². The van der Waals surface area contributed by atoms with Crippen molar-refractivity contribution in [3.8, 4) is 0 Å². The lowest BCUT2D eigenvalue weighted by molar-refractivity contribution is 0.103. The van der Waals surface area contributed by atoms with Gasteiger partial charge in [-0.15, -0.1) is 11.3 Å². The molecule has 0 spiro atoms. The largest absolute Gasteiger partial charge is 0.330 e. The Morgan fingerprint density at radius 2 is 2.11 bits per heavy atom. The van der Waals surface area contributed by atoms with Crippen molar-refractivity contribution in [1.82, 2.24) is 0 Å². The predicted molar refractivity (Wildman–Crippen MR) is 83.6 cm³/mol. The molecular weight excluding hydrogens is 332 g/mol. The molecule has 0 fully saturated rings. The van der Waals surface area contributed by atoms with Gasteiger partial charge in [0.05, 0.1) is 4.88 Å². The number of nitrogens with one attached hydrogen (secondary N) is 2. The molecule has 1 aromatic heterocycles. The fraction of sp³-hybridized carbons (Fsp3) is 0.0833. The van der Waals surface area contributed by atoms with Gasteiger partial charge in [0.2, 0.25) is 0 Å². The molecule has 1 aromatic carbocycles. The number of hydrogen-bond donors (Lipinski definition) is 2. The van der Waals surface area contributed by atoms with E-state index >= 15 is 0 Å². The zero-order valence-corrected chi connectivity index (χ0v) is 12.8. The van der Waals surface area contributed by atoms with Crippen LogP contribution in [-0.4, -0.2) is 12.2 Å². The lowest BCUT2D eigenvalue weighted by Crippen LogP contribution is -2.10. The normalized spacial score (nSPS) is 10.1. The molecule has 94 valence electrons. The van der Waals surface area contributed by atoms with E-state index in [4.69, 9.17) is 0 Å². The number of thiophene rings is 1. The molecule has 0 aliphatic rings. The lowest BCUT2D eigenvalue weighted by Gasteiger charge is -2.06. The molecule has 0 bridgehead atoms. The minimum absolute atomic E-state index is 0.0907. The maximum atomic E-state index is 11.9. The molecule has 0 unspecified atom stereocenters. The highest BCUT2D eigenvalue weighted by Gasteiger charge is 2.08. The molecule has 2 aromatic rings. The van der Waals surface area contributed by atoms with Crippen LogP contribution in [0.2, 0.25) is 0 Å². The van der Waals surface area contributed by atoms with Crippen molar-refractivity contribution >= 4 is 56.5 Å². The topological polar surface area (TPSA) is 41.1 Å². The van der Waals surface area contributed by atoms with Gasteiger partial charge < -0.3 is 10.0 Å². The monoisotopic (exact) mass is 342 g/mol. The summed E-state index contributed by atoms with van der Waals surface area (Å²) in [5, 5.41) is 4.76. The third-order valence-electron chi connectivity index (χ3n) is 2.13. The minimum atomic E-state index is -0.0907. The highest BCUT2D eigenvalue weighted by atomic mass is 79.9. The van der Waals surface area contributed by atoms with Crippen LogP contribution >= 0.6 is 39.2 Å². The molecule has 1 heterocycles. The van der Waals surface area contributed by atoms with Crippen LogP contribution in [0.3, 0.4) is 0 Å². The molecule has 0 aliphatic carbocycles. The highest BCUT2D eigenvalue weighted by Crippen LogP contribution is 2.22. The van der Waals surface area contributed by atoms with Crippen LogP contribution in [0.15, 0.2) is 40.2 Å². The van der Waals surface area contributed by atoms with E-state index in [9.17, 15) is 4.79 Å². The minimum Gasteiger partial charge on any atom is -0.330 e. The van der Waals surface area contributed by atoms with Gasteiger partial charge in [0.1, 0.15) is 0 Å². The van der Waals surface area contributed by atoms with Crippen molar-refractivity contribution in [2.24, 2.45) is 0 Å². The molecule has 2 N–H and O–H groups in total. The zero-order valence-electron chi connectivity index (χ0n) is 9.57. The number of carbonyl (C=O) groups is 1. The predicted octanol–water partition coefficient (Wildman–Crippen LogP) is 4.45. The van der Waals surface area contributed by atoms with E-state index in [1.807, 2.05) is 42.0 Å². The van der Waals surface area contributed by atoms with Gasteiger partial charge in [0.25, 0.3) is 5.91 Å². The van der Waals surface area contributed by atoms with E-state index in [1.54, 1.807) is 0 Å². The first-order chi connectivity index (χ1) is 8.69. The molecule has 3 nitrogen and oxygen atoms in total. The Labute approximate surface area is 122 Å². The van der Waals surface area contributed by atoms with Crippen molar-refractivity contribution < 1.29 is 4.79 Å². The number of anilines is 2. The Balaban J connectivity index is 2.09. The average molecular weight is 343 g/mol. The number of halogens is 1. The van der Waals surface area contributed by atoms with Gasteiger partial charge in [-0.2, -0.15) is 0 Å². The average Bonchev–Trinajstić information content (AvgIpc) is 2.77. The van der Waals surface area contributed by atoms with Gasteiger partial charge in [0.15, 0.2) is 0 Å². The van der Waals surface area contributed by atoms with Crippen molar-refractivity contribution in [3.63, 3.8) is 0 Å². The molecule has 18 heavy (non-hydrogen) atoms. The van der Waals surface area contributed by atoms with E-state index in [1.165, 1.54) is 23.3 Å². The van der Waals surface area contributed by atoms with Gasteiger partial charge in [-0.05, 0) is 40.2 Å². The Morgan fingerprint density at radius 3 is 2.78 bits per heavy atom. The van der Waals surface area contributed by atoms with Gasteiger partial charge in [-0.3, -0.25) is 4.79 Å². The van der Waals surface area contributed by atoms with Crippen molar-refractivity contribution in [1.29, 1.82) is 0 Å². The summed E-state index contributed by atoms with van der Waals surface area (Å²) >= 11 is 6.26. The van der Waals surface area contributed by atoms with Gasteiger partial charge in [-0.1, -0.05) is 18.0 Å². The van der Waals surface area contributed by atoms with Crippen LogP contribution in [0, 0.1) is 0 Å². The molecule has 0 atom stereocenters. The van der Waals surface area contributed by atoms with Gasteiger partial charge in [-0.25, -0.2) is 0 Å². The summed E-state index contributed by atoms with van der Waals surface area (Å²) in [7, 11) is 0. The number of amides is 1. The SMILES string of the molecule is CSNc1cccc(NC(=O)c2cc(Br)cs2)c1. The second-order valence-corrected chi connectivity index (χ2v) is 5.91. The Bertz CT molecular complexity index is 557. The first-order valence-electron chi connectivity index (χ1n) is 5.13. The van der Waals surface area contributed by atoms with Crippen LogP contribution in [-0.2, 0) is 0 Å². The van der Waals surface area contributed by atoms with Crippen LogP contribution in [0.1, 0.15) is 9.67 Å². The second-order valence-electron chi connectivity index (χ2n) is 3.47. The first kappa shape index (κ1) is 13.5.